The van der Waals surface area contributed by atoms with Crippen LogP contribution in [0.3, 0.4) is 0 Å². The molecule has 1 heterocycles. The maximum Gasteiger partial charge on any atom is 0.411 e. The molecule has 1 saturated heterocycles. The molecule has 0 aliphatic carbocycles. The number of carbonyl (C=O) groups is 2. The molecule has 5 heteroatoms. The highest BCUT2D eigenvalue weighted by Gasteiger charge is 2.56. The van der Waals surface area contributed by atoms with Crippen LogP contribution in [0.2, 0.25) is 0 Å². The van der Waals surface area contributed by atoms with Crippen molar-refractivity contribution in [1.29, 1.82) is 0 Å². The molecule has 1 fully saturated rings. The van der Waals surface area contributed by atoms with Gasteiger partial charge in [-0.1, -0.05) is 62.9 Å². The number of benzene rings is 1. The van der Waals surface area contributed by atoms with Crippen molar-refractivity contribution in [2.45, 2.75) is 84.0 Å². The van der Waals surface area contributed by atoms with E-state index in [0.29, 0.717) is 6.54 Å². The minimum atomic E-state index is -0.558. The number of nitrogens with one attached hydrogen (secondary N) is 1. The lowest BCUT2D eigenvalue weighted by molar-refractivity contribution is -0.121. The van der Waals surface area contributed by atoms with Gasteiger partial charge in [-0.05, 0) is 32.8 Å². The second-order valence-corrected chi connectivity index (χ2v) is 7.95. The van der Waals surface area contributed by atoms with Crippen LogP contribution in [0.5, 0.6) is 0 Å². The van der Waals surface area contributed by atoms with Gasteiger partial charge >= 0.3 is 6.09 Å². The molecule has 1 aromatic carbocycles. The summed E-state index contributed by atoms with van der Waals surface area (Å²) < 4.78 is 5.47. The molecule has 2 atom stereocenters. The van der Waals surface area contributed by atoms with Crippen molar-refractivity contribution in [3.8, 4) is 0 Å². The third kappa shape index (κ3) is 6.04. The molecule has 0 radical (unpaired) electrons. The molecular formula is C21H32N2O3. The topological polar surface area (TPSA) is 58.4 Å². The Labute approximate surface area is 157 Å². The van der Waals surface area contributed by atoms with Crippen LogP contribution in [0, 0.1) is 0 Å². The second kappa shape index (κ2) is 9.06. The van der Waals surface area contributed by atoms with Crippen LogP contribution in [0.4, 0.5) is 4.79 Å². The van der Waals surface area contributed by atoms with E-state index in [1.54, 1.807) is 4.90 Å². The van der Waals surface area contributed by atoms with Gasteiger partial charge in [0.25, 0.3) is 0 Å². The zero-order valence-electron chi connectivity index (χ0n) is 16.5. The van der Waals surface area contributed by atoms with E-state index in [0.717, 1.165) is 24.8 Å². The number of amides is 2. The van der Waals surface area contributed by atoms with E-state index in [4.69, 9.17) is 4.74 Å². The van der Waals surface area contributed by atoms with E-state index in [2.05, 4.69) is 12.2 Å². The zero-order chi connectivity index (χ0) is 19.2. The Kier molecular flexibility index (Phi) is 7.06. The van der Waals surface area contributed by atoms with Crippen LogP contribution in [-0.2, 0) is 16.1 Å². The molecule has 2 rings (SSSR count). The first-order valence-electron chi connectivity index (χ1n) is 9.66. The van der Waals surface area contributed by atoms with Crippen LogP contribution < -0.4 is 5.32 Å². The van der Waals surface area contributed by atoms with Gasteiger partial charge in [0.15, 0.2) is 0 Å². The molecule has 1 aromatic rings. The number of hydrogen-bond donors (Lipinski definition) is 1. The summed E-state index contributed by atoms with van der Waals surface area (Å²) in [5, 5.41) is 2.95. The fraction of sp³-hybridized carbons (Fsp3) is 0.619. The van der Waals surface area contributed by atoms with Gasteiger partial charge in [-0.2, -0.15) is 0 Å². The monoisotopic (exact) mass is 360 g/mol. The first-order chi connectivity index (χ1) is 12.3. The highest BCUT2D eigenvalue weighted by molar-refractivity contribution is 5.91. The number of rotatable bonds is 8. The number of nitrogens with zero attached hydrogens (tertiary/aromatic N) is 1. The van der Waals surface area contributed by atoms with Crippen molar-refractivity contribution in [3.63, 3.8) is 0 Å². The summed E-state index contributed by atoms with van der Waals surface area (Å²) in [5.41, 5.74) is 0.488. The number of unbranched alkanes of at least 4 members (excludes halogenated alkanes) is 3. The summed E-state index contributed by atoms with van der Waals surface area (Å²) in [6.07, 6.45) is 4.97. The fourth-order valence-electron chi connectivity index (χ4n) is 3.11. The summed E-state index contributed by atoms with van der Waals surface area (Å²) in [6.45, 7) is 8.17. The third-order valence-electron chi connectivity index (χ3n) is 4.47. The third-order valence-corrected chi connectivity index (χ3v) is 4.47. The van der Waals surface area contributed by atoms with Crippen LogP contribution in [0.1, 0.15) is 65.4 Å². The quantitative estimate of drug-likeness (QED) is 0.556. The molecule has 0 spiro atoms. The molecule has 0 bridgehead atoms. The molecule has 0 aromatic heterocycles. The summed E-state index contributed by atoms with van der Waals surface area (Å²) >= 11 is 0. The zero-order valence-corrected chi connectivity index (χ0v) is 16.5. The van der Waals surface area contributed by atoms with Crippen molar-refractivity contribution >= 4 is 12.0 Å². The Balaban J connectivity index is 1.92. The molecule has 2 amide bonds. The molecule has 0 unspecified atom stereocenters. The maximum atomic E-state index is 12.6. The van der Waals surface area contributed by atoms with Crippen molar-refractivity contribution < 1.29 is 14.3 Å². The molecule has 144 valence electrons. The van der Waals surface area contributed by atoms with Gasteiger partial charge in [-0.25, -0.2) is 4.79 Å². The van der Waals surface area contributed by atoms with Crippen LogP contribution >= 0.6 is 0 Å². The highest BCUT2D eigenvalue weighted by Crippen LogP contribution is 2.35. The van der Waals surface area contributed by atoms with Gasteiger partial charge in [0.2, 0.25) is 5.91 Å². The first kappa shape index (κ1) is 20.3. The maximum absolute atomic E-state index is 12.6. The Hall–Kier alpha value is -2.04. The van der Waals surface area contributed by atoms with Gasteiger partial charge in [0.1, 0.15) is 11.6 Å². The average molecular weight is 360 g/mol. The lowest BCUT2D eigenvalue weighted by Crippen LogP contribution is -2.33. The van der Waals surface area contributed by atoms with E-state index < -0.39 is 17.7 Å². The van der Waals surface area contributed by atoms with E-state index in [9.17, 15) is 9.59 Å². The second-order valence-electron chi connectivity index (χ2n) is 7.95. The molecule has 5 nitrogen and oxygen atoms in total. The minimum absolute atomic E-state index is 0.0440. The number of ether oxygens (including phenoxy) is 1. The largest absolute Gasteiger partial charge is 0.444 e. The molecule has 0 saturated carbocycles. The van der Waals surface area contributed by atoms with E-state index in [1.807, 2.05) is 51.1 Å². The average Bonchev–Trinajstić information content (AvgIpc) is 3.30. The van der Waals surface area contributed by atoms with E-state index >= 15 is 0 Å². The Morgan fingerprint density at radius 1 is 1.12 bits per heavy atom. The smallest absolute Gasteiger partial charge is 0.411 e. The Bertz CT molecular complexity index is 595. The number of carbonyl (C=O) groups excluding carboxylic acids is 2. The van der Waals surface area contributed by atoms with Crippen LogP contribution in [0.15, 0.2) is 30.3 Å². The summed E-state index contributed by atoms with van der Waals surface area (Å²) in [4.78, 5) is 26.6. The summed E-state index contributed by atoms with van der Waals surface area (Å²) in [5.74, 6) is -0.0970. The molecule has 1 aliphatic heterocycles. The van der Waals surface area contributed by atoms with Gasteiger partial charge in [0.05, 0.1) is 6.04 Å². The Morgan fingerprint density at radius 3 is 2.42 bits per heavy atom. The molecular weight excluding hydrogens is 328 g/mol. The van der Waals surface area contributed by atoms with Gasteiger partial charge in [0, 0.05) is 6.54 Å². The van der Waals surface area contributed by atoms with Gasteiger partial charge in [-0.3, -0.25) is 9.69 Å². The lowest BCUT2D eigenvalue weighted by Gasteiger charge is -2.20. The van der Waals surface area contributed by atoms with E-state index in [1.165, 1.54) is 12.8 Å². The normalized spacial score (nSPS) is 19.2. The first-order valence-corrected chi connectivity index (χ1v) is 9.66. The minimum Gasteiger partial charge on any atom is -0.444 e. The molecule has 1 N–H and O–H groups in total. The van der Waals surface area contributed by atoms with E-state index in [-0.39, 0.29) is 11.9 Å². The SMILES string of the molecule is CCCCCC[C@H]1[C@H](C(=O)NCc2ccccc2)N1C(=O)OC(C)(C)C. The lowest BCUT2D eigenvalue weighted by atomic mass is 10.1. The molecule has 26 heavy (non-hydrogen) atoms. The predicted molar refractivity (Wildman–Crippen MR) is 103 cm³/mol. The Morgan fingerprint density at radius 2 is 1.81 bits per heavy atom. The summed E-state index contributed by atoms with van der Waals surface area (Å²) in [6, 6.07) is 9.34. The van der Waals surface area contributed by atoms with Crippen LogP contribution in [-0.4, -0.2) is 34.6 Å². The van der Waals surface area contributed by atoms with Crippen molar-refractivity contribution in [1.82, 2.24) is 10.2 Å². The summed E-state index contributed by atoms with van der Waals surface area (Å²) in [7, 11) is 0. The predicted octanol–water partition coefficient (Wildman–Crippen LogP) is 4.26. The van der Waals surface area contributed by atoms with Crippen molar-refractivity contribution in [3.05, 3.63) is 35.9 Å². The van der Waals surface area contributed by atoms with Gasteiger partial charge in [-0.15, -0.1) is 0 Å². The highest BCUT2D eigenvalue weighted by atomic mass is 16.6. The fourth-order valence-corrected chi connectivity index (χ4v) is 3.11. The van der Waals surface area contributed by atoms with Crippen molar-refractivity contribution in [2.24, 2.45) is 0 Å². The van der Waals surface area contributed by atoms with Gasteiger partial charge < -0.3 is 10.1 Å². The standard InChI is InChI=1S/C21H32N2O3/c1-5-6-7-11-14-17-18(23(17)20(25)26-21(2,3)4)19(24)22-15-16-12-9-8-10-13-16/h8-10,12-13,17-18H,5-7,11,14-15H2,1-4H3,(H,22,24)/t17-,18+,23?/m0/s1. The van der Waals surface area contributed by atoms with Crippen LogP contribution in [0.25, 0.3) is 0 Å². The molecule has 1 aliphatic rings. The van der Waals surface area contributed by atoms with Crippen molar-refractivity contribution in [2.75, 3.05) is 0 Å². The number of hydrogen-bond acceptors (Lipinski definition) is 3.